The second-order valence-corrected chi connectivity index (χ2v) is 4.21. The molecule has 0 saturated carbocycles. The molecule has 16 heavy (non-hydrogen) atoms. The molecule has 0 bridgehead atoms. The number of rotatable bonds is 7. The van der Waals surface area contributed by atoms with Gasteiger partial charge in [-0.25, -0.2) is 0 Å². The Morgan fingerprint density at radius 2 is 1.88 bits per heavy atom. The summed E-state index contributed by atoms with van der Waals surface area (Å²) in [5, 5.41) is 0. The molecule has 0 aromatic heterocycles. The molecule has 0 amide bonds. The van der Waals surface area contributed by atoms with Crippen molar-refractivity contribution in [2.45, 2.75) is 39.0 Å². The lowest BCUT2D eigenvalue weighted by Gasteiger charge is -2.06. The molecule has 0 aliphatic heterocycles. The number of benzene rings is 1. The molecule has 1 rings (SSSR count). The highest BCUT2D eigenvalue weighted by Crippen LogP contribution is 2.16. The zero-order valence-electron chi connectivity index (χ0n) is 10.3. The van der Waals surface area contributed by atoms with E-state index < -0.39 is 0 Å². The maximum atomic E-state index is 5.65. The Labute approximate surface area is 99.4 Å². The van der Waals surface area contributed by atoms with Gasteiger partial charge >= 0.3 is 0 Å². The lowest BCUT2D eigenvalue weighted by molar-refractivity contribution is 0.699. The van der Waals surface area contributed by atoms with Crippen LogP contribution >= 0.6 is 0 Å². The van der Waals surface area contributed by atoms with Gasteiger partial charge in [0.15, 0.2) is 0 Å². The highest BCUT2D eigenvalue weighted by atomic mass is 14.5. The van der Waals surface area contributed by atoms with Crippen LogP contribution in [0.4, 0.5) is 0 Å². The van der Waals surface area contributed by atoms with E-state index in [0.29, 0.717) is 0 Å². The lowest BCUT2D eigenvalue weighted by Crippen LogP contribution is -2.00. The van der Waals surface area contributed by atoms with Crippen molar-refractivity contribution in [1.29, 1.82) is 0 Å². The first-order valence-electron chi connectivity index (χ1n) is 6.31. The average molecular weight is 217 g/mol. The molecule has 1 heteroatoms. The monoisotopic (exact) mass is 217 g/mol. The Bertz CT molecular complexity index is 300. The molecule has 0 aliphatic carbocycles. The number of unbranched alkanes of at least 4 members (excludes halogenated alkanes) is 2. The molecular formula is C15H23N. The fourth-order valence-corrected chi connectivity index (χ4v) is 1.84. The number of hydrogen-bond acceptors (Lipinski definition) is 1. The summed E-state index contributed by atoms with van der Waals surface area (Å²) in [5.74, 6) is 0. The molecule has 1 aromatic carbocycles. The van der Waals surface area contributed by atoms with Crippen LogP contribution in [0.1, 0.15) is 44.6 Å². The summed E-state index contributed by atoms with van der Waals surface area (Å²) in [7, 11) is 0. The maximum absolute atomic E-state index is 5.65. The topological polar surface area (TPSA) is 26.0 Å². The Balaban J connectivity index is 2.58. The molecule has 2 N–H and O–H groups in total. The Hall–Kier alpha value is -1.08. The summed E-state index contributed by atoms with van der Waals surface area (Å²) < 4.78 is 0. The predicted molar refractivity (Wildman–Crippen MR) is 72.2 cm³/mol. The second kappa shape index (κ2) is 8.12. The van der Waals surface area contributed by atoms with E-state index >= 15 is 0 Å². The summed E-state index contributed by atoms with van der Waals surface area (Å²) in [6.07, 6.45) is 8.40. The van der Waals surface area contributed by atoms with Crippen LogP contribution in [0.15, 0.2) is 35.9 Å². The Kier molecular flexibility index (Phi) is 6.59. The molecule has 0 unspecified atom stereocenters. The highest BCUT2D eigenvalue weighted by Gasteiger charge is 1.97. The van der Waals surface area contributed by atoms with Crippen LogP contribution in [0, 0.1) is 0 Å². The lowest BCUT2D eigenvalue weighted by atomic mass is 10.0. The summed E-state index contributed by atoms with van der Waals surface area (Å²) in [4.78, 5) is 0. The molecule has 1 aromatic rings. The van der Waals surface area contributed by atoms with Crippen LogP contribution in [0.2, 0.25) is 0 Å². The van der Waals surface area contributed by atoms with Crippen molar-refractivity contribution in [3.8, 4) is 0 Å². The molecule has 0 radical (unpaired) electrons. The third-order valence-electron chi connectivity index (χ3n) is 2.74. The van der Waals surface area contributed by atoms with Crippen LogP contribution < -0.4 is 5.73 Å². The van der Waals surface area contributed by atoms with Gasteiger partial charge in [0.05, 0.1) is 0 Å². The molecule has 0 fully saturated rings. The van der Waals surface area contributed by atoms with Crippen LogP contribution in [0.25, 0.3) is 6.08 Å². The molecule has 88 valence electrons. The largest absolute Gasteiger partial charge is 0.330 e. The van der Waals surface area contributed by atoms with Gasteiger partial charge in [0.2, 0.25) is 0 Å². The Morgan fingerprint density at radius 3 is 2.50 bits per heavy atom. The van der Waals surface area contributed by atoms with Crippen molar-refractivity contribution in [3.63, 3.8) is 0 Å². The van der Waals surface area contributed by atoms with Crippen LogP contribution in [-0.4, -0.2) is 6.54 Å². The zero-order valence-corrected chi connectivity index (χ0v) is 10.3. The standard InChI is InChI=1S/C15H23N/c1-2-3-5-8-15(11-12-16)13-14-9-6-4-7-10-14/h4,6-7,9-10,13H,2-3,5,8,11-12,16H2,1H3/b15-13+. The van der Waals surface area contributed by atoms with Crippen molar-refractivity contribution in [1.82, 2.24) is 0 Å². The van der Waals surface area contributed by atoms with Gasteiger partial charge in [0.1, 0.15) is 0 Å². The van der Waals surface area contributed by atoms with Gasteiger partial charge in [-0.05, 0) is 31.4 Å². The van der Waals surface area contributed by atoms with E-state index in [-0.39, 0.29) is 0 Å². The normalized spacial score (nSPS) is 11.8. The first-order chi connectivity index (χ1) is 7.86. The molecule has 0 atom stereocenters. The third-order valence-corrected chi connectivity index (χ3v) is 2.74. The SMILES string of the molecule is CCCCC/C(=C\c1ccccc1)CCN. The van der Waals surface area contributed by atoms with Crippen LogP contribution in [0.3, 0.4) is 0 Å². The average Bonchev–Trinajstić information content (AvgIpc) is 2.31. The van der Waals surface area contributed by atoms with Gasteiger partial charge in [0, 0.05) is 0 Å². The summed E-state index contributed by atoms with van der Waals surface area (Å²) in [6.45, 7) is 2.99. The number of nitrogens with two attached hydrogens (primary N) is 1. The number of hydrogen-bond donors (Lipinski definition) is 1. The first-order valence-corrected chi connectivity index (χ1v) is 6.31. The van der Waals surface area contributed by atoms with Crippen molar-refractivity contribution in [2.24, 2.45) is 5.73 Å². The summed E-state index contributed by atoms with van der Waals surface area (Å²) in [5.41, 5.74) is 8.43. The van der Waals surface area contributed by atoms with Crippen molar-refractivity contribution >= 4 is 6.08 Å². The van der Waals surface area contributed by atoms with Gasteiger partial charge in [0.25, 0.3) is 0 Å². The first kappa shape index (κ1) is 13.0. The van der Waals surface area contributed by atoms with E-state index in [0.717, 1.165) is 13.0 Å². The fourth-order valence-electron chi connectivity index (χ4n) is 1.84. The van der Waals surface area contributed by atoms with Gasteiger partial charge < -0.3 is 5.73 Å². The van der Waals surface area contributed by atoms with E-state index in [4.69, 9.17) is 5.73 Å². The second-order valence-electron chi connectivity index (χ2n) is 4.21. The minimum Gasteiger partial charge on any atom is -0.330 e. The summed E-state index contributed by atoms with van der Waals surface area (Å²) in [6, 6.07) is 10.5. The quantitative estimate of drug-likeness (QED) is 0.686. The molecule has 0 saturated heterocycles. The van der Waals surface area contributed by atoms with Gasteiger partial charge in [-0.3, -0.25) is 0 Å². The van der Waals surface area contributed by atoms with E-state index in [2.05, 4.69) is 43.3 Å². The maximum Gasteiger partial charge on any atom is -0.00398 e. The third kappa shape index (κ3) is 5.13. The summed E-state index contributed by atoms with van der Waals surface area (Å²) >= 11 is 0. The molecule has 0 heterocycles. The fraction of sp³-hybridized carbons (Fsp3) is 0.467. The van der Waals surface area contributed by atoms with Gasteiger partial charge in [-0.15, -0.1) is 0 Å². The van der Waals surface area contributed by atoms with Gasteiger partial charge in [-0.2, -0.15) is 0 Å². The minimum atomic E-state index is 0.755. The van der Waals surface area contributed by atoms with Crippen molar-refractivity contribution in [3.05, 3.63) is 41.5 Å². The predicted octanol–water partition coefficient (Wildman–Crippen LogP) is 4.00. The van der Waals surface area contributed by atoms with Crippen molar-refractivity contribution < 1.29 is 0 Å². The Morgan fingerprint density at radius 1 is 1.12 bits per heavy atom. The molecule has 0 aliphatic rings. The smallest absolute Gasteiger partial charge is 0.00398 e. The van der Waals surface area contributed by atoms with E-state index in [1.165, 1.54) is 36.8 Å². The minimum absolute atomic E-state index is 0.755. The molecule has 0 spiro atoms. The molecular weight excluding hydrogens is 194 g/mol. The van der Waals surface area contributed by atoms with Crippen LogP contribution in [-0.2, 0) is 0 Å². The molecule has 1 nitrogen and oxygen atoms in total. The van der Waals surface area contributed by atoms with Crippen molar-refractivity contribution in [2.75, 3.05) is 6.54 Å². The van der Waals surface area contributed by atoms with E-state index in [1.54, 1.807) is 0 Å². The highest BCUT2D eigenvalue weighted by molar-refractivity contribution is 5.52. The van der Waals surface area contributed by atoms with E-state index in [1.807, 2.05) is 0 Å². The zero-order chi connectivity index (χ0) is 11.6. The van der Waals surface area contributed by atoms with E-state index in [9.17, 15) is 0 Å². The van der Waals surface area contributed by atoms with Gasteiger partial charge in [-0.1, -0.05) is 61.7 Å². The van der Waals surface area contributed by atoms with Crippen LogP contribution in [0.5, 0.6) is 0 Å².